The van der Waals surface area contributed by atoms with E-state index in [0.29, 0.717) is 12.0 Å². The number of rotatable bonds is 5. The van der Waals surface area contributed by atoms with Crippen molar-refractivity contribution in [2.45, 2.75) is 83.7 Å². The summed E-state index contributed by atoms with van der Waals surface area (Å²) < 4.78 is 1.77. The lowest BCUT2D eigenvalue weighted by molar-refractivity contribution is -0.127. The predicted octanol–water partition coefficient (Wildman–Crippen LogP) is 3.83. The molecule has 2 aromatic rings. The Kier molecular flexibility index (Phi) is 8.01. The van der Waals surface area contributed by atoms with Crippen LogP contribution in [0.2, 0.25) is 0 Å². The lowest BCUT2D eigenvalue weighted by atomic mass is 9.74. The Bertz CT molecular complexity index is 1170. The van der Waals surface area contributed by atoms with Crippen LogP contribution in [0.15, 0.2) is 23.1 Å². The molecule has 5 rings (SSSR count). The standard InChI is InChI=1S/C30H45N5O2/c1-5-34-11-13-35(14-12-34)25-8-6-7-22(16-25)29(36)32-24-10-9-20(2)26(18-24)27-17-23-19-31-21(3)15-28(23)33(4)30(27)37/h15,17,19-20,22,24-26H,5-14,16,18H2,1-4H3,(H,32,36). The second-order valence-corrected chi connectivity index (χ2v) is 11.9. The summed E-state index contributed by atoms with van der Waals surface area (Å²) in [6, 6.07) is 4.72. The van der Waals surface area contributed by atoms with E-state index in [4.69, 9.17) is 0 Å². The maximum atomic E-state index is 13.4. The molecule has 2 aliphatic carbocycles. The van der Waals surface area contributed by atoms with Crippen LogP contribution in [-0.2, 0) is 11.8 Å². The highest BCUT2D eigenvalue weighted by Gasteiger charge is 2.35. The van der Waals surface area contributed by atoms with Gasteiger partial charge in [0.2, 0.25) is 5.91 Å². The first-order chi connectivity index (χ1) is 17.8. The molecular formula is C30H45N5O2. The molecule has 3 fully saturated rings. The fourth-order valence-electron chi connectivity index (χ4n) is 7.14. The Hall–Kier alpha value is -2.25. The number of amides is 1. The first-order valence-corrected chi connectivity index (χ1v) is 14.6. The largest absolute Gasteiger partial charge is 0.353 e. The third kappa shape index (κ3) is 5.63. The summed E-state index contributed by atoms with van der Waals surface area (Å²) in [4.78, 5) is 36.4. The number of nitrogens with zero attached hydrogens (tertiary/aromatic N) is 4. The number of hydrogen-bond donors (Lipinski definition) is 1. The number of fused-ring (bicyclic) bond motifs is 1. The molecule has 5 atom stereocenters. The molecule has 1 saturated heterocycles. The maximum Gasteiger partial charge on any atom is 0.254 e. The molecule has 7 nitrogen and oxygen atoms in total. The molecule has 0 bridgehead atoms. The second-order valence-electron chi connectivity index (χ2n) is 11.9. The van der Waals surface area contributed by atoms with Gasteiger partial charge in [-0.3, -0.25) is 19.5 Å². The maximum absolute atomic E-state index is 13.4. The number of likely N-dealkylation sites (N-methyl/N-ethyl adjacent to an activating group) is 1. The molecule has 3 aliphatic rings. The number of carbonyl (C=O) groups excluding carboxylic acids is 1. The number of pyridine rings is 2. The van der Waals surface area contributed by atoms with Gasteiger partial charge in [0.1, 0.15) is 0 Å². The minimum atomic E-state index is 0.0835. The molecule has 5 unspecified atom stereocenters. The summed E-state index contributed by atoms with van der Waals surface area (Å²) in [7, 11) is 1.86. The Morgan fingerprint density at radius 1 is 1.08 bits per heavy atom. The summed E-state index contributed by atoms with van der Waals surface area (Å²) in [5.74, 6) is 0.917. The molecule has 1 aliphatic heterocycles. The highest BCUT2D eigenvalue weighted by molar-refractivity contribution is 5.80. The SMILES string of the molecule is CCN1CCN(C2CCCC(C(=O)NC3CCC(C)C(c4cc5cnc(C)cc5n(C)c4=O)C3)C2)CC1. The van der Waals surface area contributed by atoms with Crippen LogP contribution in [0.3, 0.4) is 0 Å². The summed E-state index contributed by atoms with van der Waals surface area (Å²) >= 11 is 0. The lowest BCUT2D eigenvalue weighted by Gasteiger charge is -2.42. The number of carbonyl (C=O) groups is 1. The third-order valence-corrected chi connectivity index (χ3v) is 9.60. The van der Waals surface area contributed by atoms with Crippen LogP contribution in [-0.4, -0.2) is 70.1 Å². The monoisotopic (exact) mass is 507 g/mol. The van der Waals surface area contributed by atoms with Crippen LogP contribution in [0.4, 0.5) is 0 Å². The summed E-state index contributed by atoms with van der Waals surface area (Å²) in [6.45, 7) is 12.1. The summed E-state index contributed by atoms with van der Waals surface area (Å²) in [5, 5.41) is 4.45. The molecule has 37 heavy (non-hydrogen) atoms. The van der Waals surface area contributed by atoms with Gasteiger partial charge in [-0.05, 0) is 76.0 Å². The van der Waals surface area contributed by atoms with Crippen molar-refractivity contribution >= 4 is 16.8 Å². The van der Waals surface area contributed by atoms with Crippen molar-refractivity contribution in [3.63, 3.8) is 0 Å². The van der Waals surface area contributed by atoms with E-state index < -0.39 is 0 Å². The van der Waals surface area contributed by atoms with Crippen molar-refractivity contribution in [2.24, 2.45) is 18.9 Å². The number of hydrogen-bond acceptors (Lipinski definition) is 5. The van der Waals surface area contributed by atoms with Crippen molar-refractivity contribution in [1.29, 1.82) is 0 Å². The molecular weight excluding hydrogens is 462 g/mol. The van der Waals surface area contributed by atoms with E-state index in [9.17, 15) is 9.59 Å². The molecule has 7 heteroatoms. The van der Waals surface area contributed by atoms with E-state index in [1.165, 1.54) is 6.42 Å². The van der Waals surface area contributed by atoms with Crippen LogP contribution < -0.4 is 10.9 Å². The topological polar surface area (TPSA) is 70.5 Å². The molecule has 3 heterocycles. The van der Waals surface area contributed by atoms with Gasteiger partial charge in [0.05, 0.1) is 5.52 Å². The number of piperazine rings is 1. The van der Waals surface area contributed by atoms with Crippen LogP contribution in [0.25, 0.3) is 10.9 Å². The molecule has 0 spiro atoms. The van der Waals surface area contributed by atoms with Crippen molar-refractivity contribution in [3.05, 3.63) is 39.9 Å². The van der Waals surface area contributed by atoms with Gasteiger partial charge in [-0.1, -0.05) is 20.3 Å². The Balaban J connectivity index is 1.24. The minimum absolute atomic E-state index is 0.0835. The lowest BCUT2D eigenvalue weighted by Crippen LogP contribution is -2.52. The Morgan fingerprint density at radius 2 is 1.86 bits per heavy atom. The van der Waals surface area contributed by atoms with Gasteiger partial charge in [0.25, 0.3) is 5.56 Å². The first kappa shape index (κ1) is 26.4. The Morgan fingerprint density at radius 3 is 2.62 bits per heavy atom. The molecule has 2 saturated carbocycles. The van der Waals surface area contributed by atoms with Gasteiger partial charge < -0.3 is 14.8 Å². The molecule has 2 aromatic heterocycles. The zero-order valence-corrected chi connectivity index (χ0v) is 23.2. The van der Waals surface area contributed by atoms with Gasteiger partial charge in [-0.15, -0.1) is 0 Å². The van der Waals surface area contributed by atoms with Gasteiger partial charge in [0, 0.05) is 74.1 Å². The summed E-state index contributed by atoms with van der Waals surface area (Å²) in [6.07, 6.45) is 9.08. The van der Waals surface area contributed by atoms with Crippen LogP contribution in [0, 0.1) is 18.8 Å². The van der Waals surface area contributed by atoms with E-state index in [1.54, 1.807) is 4.57 Å². The van der Waals surface area contributed by atoms with E-state index >= 15 is 0 Å². The van der Waals surface area contributed by atoms with E-state index in [0.717, 1.165) is 93.4 Å². The fraction of sp³-hybridized carbons (Fsp3) is 0.700. The van der Waals surface area contributed by atoms with Crippen molar-refractivity contribution in [2.75, 3.05) is 32.7 Å². The number of aryl methyl sites for hydroxylation is 2. The van der Waals surface area contributed by atoms with E-state index in [-0.39, 0.29) is 29.3 Å². The molecule has 202 valence electrons. The second kappa shape index (κ2) is 11.2. The normalized spacial score (nSPS) is 29.9. The predicted molar refractivity (Wildman–Crippen MR) is 149 cm³/mol. The van der Waals surface area contributed by atoms with Crippen molar-refractivity contribution in [3.8, 4) is 0 Å². The van der Waals surface area contributed by atoms with Crippen LogP contribution in [0.1, 0.15) is 76.0 Å². The Labute approximate surface area is 221 Å². The van der Waals surface area contributed by atoms with Gasteiger partial charge in [0.15, 0.2) is 0 Å². The smallest absolute Gasteiger partial charge is 0.254 e. The van der Waals surface area contributed by atoms with Gasteiger partial charge in [-0.25, -0.2) is 0 Å². The van der Waals surface area contributed by atoms with Crippen molar-refractivity contribution < 1.29 is 4.79 Å². The van der Waals surface area contributed by atoms with Gasteiger partial charge in [-0.2, -0.15) is 0 Å². The average molecular weight is 508 g/mol. The number of nitrogens with one attached hydrogen (secondary N) is 1. The van der Waals surface area contributed by atoms with E-state index in [2.05, 4.69) is 40.0 Å². The van der Waals surface area contributed by atoms with Gasteiger partial charge >= 0.3 is 0 Å². The zero-order chi connectivity index (χ0) is 26.1. The fourth-order valence-corrected chi connectivity index (χ4v) is 7.14. The number of aromatic nitrogens is 2. The highest BCUT2D eigenvalue weighted by atomic mass is 16.2. The third-order valence-electron chi connectivity index (χ3n) is 9.60. The first-order valence-electron chi connectivity index (χ1n) is 14.6. The van der Waals surface area contributed by atoms with Crippen LogP contribution in [0.5, 0.6) is 0 Å². The molecule has 0 aromatic carbocycles. The average Bonchev–Trinajstić information content (AvgIpc) is 2.92. The van der Waals surface area contributed by atoms with E-state index in [1.807, 2.05) is 26.2 Å². The zero-order valence-electron chi connectivity index (χ0n) is 23.2. The quantitative estimate of drug-likeness (QED) is 0.666. The highest BCUT2D eigenvalue weighted by Crippen LogP contribution is 2.38. The molecule has 1 amide bonds. The van der Waals surface area contributed by atoms with Crippen molar-refractivity contribution in [1.82, 2.24) is 24.7 Å². The molecule has 0 radical (unpaired) electrons. The summed E-state index contributed by atoms with van der Waals surface area (Å²) in [5.41, 5.74) is 2.80. The minimum Gasteiger partial charge on any atom is -0.353 e. The van der Waals surface area contributed by atoms with Crippen LogP contribution >= 0.6 is 0 Å². The molecule has 1 N–H and O–H groups in total.